The maximum absolute atomic E-state index is 12.4. The van der Waals surface area contributed by atoms with Gasteiger partial charge in [-0.1, -0.05) is 5.16 Å². The third kappa shape index (κ3) is 3.49. The lowest BCUT2D eigenvalue weighted by Gasteiger charge is -2.28. The molecular formula is C17H23N5O4. The minimum atomic E-state index is 0.110. The van der Waals surface area contributed by atoms with E-state index in [2.05, 4.69) is 15.0 Å². The molecule has 9 nitrogen and oxygen atoms in total. The maximum atomic E-state index is 12.4. The van der Waals surface area contributed by atoms with E-state index < -0.39 is 0 Å². The average molecular weight is 361 g/mol. The van der Waals surface area contributed by atoms with Gasteiger partial charge in [-0.05, 0) is 6.92 Å². The van der Waals surface area contributed by atoms with E-state index in [-0.39, 0.29) is 5.91 Å². The van der Waals surface area contributed by atoms with Gasteiger partial charge in [0.05, 0.1) is 32.1 Å². The van der Waals surface area contributed by atoms with Gasteiger partial charge in [0.15, 0.2) is 0 Å². The summed E-state index contributed by atoms with van der Waals surface area (Å²) in [5, 5.41) is 4.88. The molecule has 2 aromatic rings. The molecule has 0 atom stereocenters. The molecule has 0 bridgehead atoms. The number of morpholine rings is 2. The SMILES string of the molecule is Cc1noc2nc(CCC(=O)N3CCOCC3)nc(N3CCOCC3)c12. The lowest BCUT2D eigenvalue weighted by atomic mass is 10.2. The molecule has 2 aliphatic rings. The first-order valence-corrected chi connectivity index (χ1v) is 9.03. The van der Waals surface area contributed by atoms with E-state index in [9.17, 15) is 4.79 Å². The summed E-state index contributed by atoms with van der Waals surface area (Å²) in [6.45, 7) is 7.27. The summed E-state index contributed by atoms with van der Waals surface area (Å²) in [7, 11) is 0. The first-order valence-electron chi connectivity index (χ1n) is 9.03. The minimum Gasteiger partial charge on any atom is -0.378 e. The van der Waals surface area contributed by atoms with Crippen LogP contribution in [-0.4, -0.2) is 78.5 Å². The Bertz CT molecular complexity index is 781. The number of aryl methyl sites for hydroxylation is 2. The van der Waals surface area contributed by atoms with Crippen molar-refractivity contribution >= 4 is 22.8 Å². The first kappa shape index (κ1) is 17.2. The fraction of sp³-hybridized carbons (Fsp3) is 0.647. The Balaban J connectivity index is 1.54. The third-order valence-corrected chi connectivity index (χ3v) is 4.77. The van der Waals surface area contributed by atoms with Gasteiger partial charge in [-0.15, -0.1) is 0 Å². The Morgan fingerprint density at radius 3 is 2.46 bits per heavy atom. The first-order chi connectivity index (χ1) is 12.7. The molecule has 2 aliphatic heterocycles. The molecule has 26 heavy (non-hydrogen) atoms. The molecule has 2 aromatic heterocycles. The molecule has 0 N–H and O–H groups in total. The van der Waals surface area contributed by atoms with Crippen molar-refractivity contribution in [2.24, 2.45) is 0 Å². The molecular weight excluding hydrogens is 338 g/mol. The number of carbonyl (C=O) groups excluding carboxylic acids is 1. The van der Waals surface area contributed by atoms with E-state index in [0.717, 1.165) is 30.0 Å². The monoisotopic (exact) mass is 361 g/mol. The van der Waals surface area contributed by atoms with Gasteiger partial charge in [0, 0.05) is 39.0 Å². The van der Waals surface area contributed by atoms with Crippen molar-refractivity contribution in [3.63, 3.8) is 0 Å². The topological polar surface area (TPSA) is 93.8 Å². The van der Waals surface area contributed by atoms with Gasteiger partial charge in [0.25, 0.3) is 5.71 Å². The van der Waals surface area contributed by atoms with Crippen LogP contribution < -0.4 is 4.90 Å². The third-order valence-electron chi connectivity index (χ3n) is 4.77. The number of aromatic nitrogens is 3. The van der Waals surface area contributed by atoms with Gasteiger partial charge in [0.1, 0.15) is 17.0 Å². The Hall–Kier alpha value is -2.26. The van der Waals surface area contributed by atoms with Crippen LogP contribution in [0.4, 0.5) is 5.82 Å². The van der Waals surface area contributed by atoms with Crippen molar-refractivity contribution in [3.05, 3.63) is 11.5 Å². The number of nitrogens with zero attached hydrogens (tertiary/aromatic N) is 5. The van der Waals surface area contributed by atoms with Crippen LogP contribution in [0.25, 0.3) is 11.1 Å². The predicted molar refractivity (Wildman–Crippen MR) is 93.1 cm³/mol. The van der Waals surface area contributed by atoms with Crippen LogP contribution >= 0.6 is 0 Å². The van der Waals surface area contributed by atoms with Crippen LogP contribution in [0.1, 0.15) is 17.9 Å². The molecule has 0 saturated carbocycles. The van der Waals surface area contributed by atoms with Crippen molar-refractivity contribution < 1.29 is 18.8 Å². The van der Waals surface area contributed by atoms with E-state index >= 15 is 0 Å². The molecule has 0 aromatic carbocycles. The number of fused-ring (bicyclic) bond motifs is 1. The fourth-order valence-electron chi connectivity index (χ4n) is 3.32. The highest BCUT2D eigenvalue weighted by Crippen LogP contribution is 2.27. The number of anilines is 1. The summed E-state index contributed by atoms with van der Waals surface area (Å²) in [5.41, 5.74) is 1.25. The Kier molecular flexibility index (Phi) is 4.98. The number of hydrogen-bond acceptors (Lipinski definition) is 8. The highest BCUT2D eigenvalue weighted by atomic mass is 16.5. The largest absolute Gasteiger partial charge is 0.378 e. The highest BCUT2D eigenvalue weighted by Gasteiger charge is 2.22. The van der Waals surface area contributed by atoms with Crippen molar-refractivity contribution in [2.75, 3.05) is 57.5 Å². The predicted octanol–water partition coefficient (Wildman–Crippen LogP) is 0.554. The molecule has 4 rings (SSSR count). The fourth-order valence-corrected chi connectivity index (χ4v) is 3.32. The smallest absolute Gasteiger partial charge is 0.263 e. The molecule has 2 saturated heterocycles. The van der Waals surface area contributed by atoms with Crippen molar-refractivity contribution in [1.29, 1.82) is 0 Å². The summed E-state index contributed by atoms with van der Waals surface area (Å²) in [6.07, 6.45) is 0.852. The van der Waals surface area contributed by atoms with Crippen molar-refractivity contribution in [1.82, 2.24) is 20.0 Å². The zero-order valence-electron chi connectivity index (χ0n) is 14.9. The van der Waals surface area contributed by atoms with Gasteiger partial charge < -0.3 is 23.8 Å². The van der Waals surface area contributed by atoms with Crippen LogP contribution in [0.2, 0.25) is 0 Å². The standard InChI is InChI=1S/C17H23N5O4/c1-12-15-16(22-6-10-25-11-7-22)18-13(19-17(15)26-20-12)2-3-14(23)21-4-8-24-9-5-21/h2-11H2,1H3. The van der Waals surface area contributed by atoms with E-state index in [0.29, 0.717) is 63.9 Å². The molecule has 0 spiro atoms. The Labute approximate surface area is 151 Å². The zero-order valence-corrected chi connectivity index (χ0v) is 14.9. The van der Waals surface area contributed by atoms with Gasteiger partial charge >= 0.3 is 0 Å². The van der Waals surface area contributed by atoms with Crippen LogP contribution in [0.3, 0.4) is 0 Å². The molecule has 9 heteroatoms. The molecule has 4 heterocycles. The second-order valence-electron chi connectivity index (χ2n) is 6.50. The van der Waals surface area contributed by atoms with Crippen LogP contribution in [-0.2, 0) is 20.7 Å². The summed E-state index contributed by atoms with van der Waals surface area (Å²) < 4.78 is 16.1. The lowest BCUT2D eigenvalue weighted by molar-refractivity contribution is -0.135. The van der Waals surface area contributed by atoms with E-state index in [1.54, 1.807) is 0 Å². The summed E-state index contributed by atoms with van der Waals surface area (Å²) in [6, 6.07) is 0. The molecule has 0 aliphatic carbocycles. The Morgan fingerprint density at radius 1 is 1.04 bits per heavy atom. The van der Waals surface area contributed by atoms with Crippen LogP contribution in [0, 0.1) is 6.92 Å². The average Bonchev–Trinajstić information content (AvgIpc) is 3.08. The molecule has 140 valence electrons. The van der Waals surface area contributed by atoms with Gasteiger partial charge in [-0.3, -0.25) is 4.79 Å². The van der Waals surface area contributed by atoms with E-state index in [1.165, 1.54) is 0 Å². The quantitative estimate of drug-likeness (QED) is 0.780. The maximum Gasteiger partial charge on any atom is 0.263 e. The number of hydrogen-bond donors (Lipinski definition) is 0. The molecule has 0 unspecified atom stereocenters. The number of rotatable bonds is 4. The number of ether oxygens (including phenoxy) is 2. The summed E-state index contributed by atoms with van der Waals surface area (Å²) >= 11 is 0. The van der Waals surface area contributed by atoms with Gasteiger partial charge in [-0.2, -0.15) is 4.98 Å². The normalized spacial score (nSPS) is 18.5. The van der Waals surface area contributed by atoms with Crippen LogP contribution in [0.15, 0.2) is 4.52 Å². The molecule has 2 fully saturated rings. The second-order valence-corrected chi connectivity index (χ2v) is 6.50. The molecule has 0 radical (unpaired) electrons. The zero-order chi connectivity index (χ0) is 17.9. The summed E-state index contributed by atoms with van der Waals surface area (Å²) in [4.78, 5) is 25.6. The van der Waals surface area contributed by atoms with Crippen LogP contribution in [0.5, 0.6) is 0 Å². The minimum absolute atomic E-state index is 0.110. The van der Waals surface area contributed by atoms with E-state index in [4.69, 9.17) is 19.0 Å². The highest BCUT2D eigenvalue weighted by molar-refractivity contribution is 5.88. The molecule has 1 amide bonds. The van der Waals surface area contributed by atoms with Crippen molar-refractivity contribution in [3.8, 4) is 0 Å². The van der Waals surface area contributed by atoms with Gasteiger partial charge in [-0.25, -0.2) is 4.98 Å². The van der Waals surface area contributed by atoms with E-state index in [1.807, 2.05) is 11.8 Å². The summed E-state index contributed by atoms with van der Waals surface area (Å²) in [5.74, 6) is 1.54. The Morgan fingerprint density at radius 2 is 1.73 bits per heavy atom. The van der Waals surface area contributed by atoms with Crippen molar-refractivity contribution in [2.45, 2.75) is 19.8 Å². The lowest BCUT2D eigenvalue weighted by Crippen LogP contribution is -2.40. The second kappa shape index (κ2) is 7.55. The van der Waals surface area contributed by atoms with Gasteiger partial charge in [0.2, 0.25) is 5.91 Å². The number of amides is 1. The number of carbonyl (C=O) groups is 1.